The second kappa shape index (κ2) is 11.0. The smallest absolute Gasteiger partial charge is 0.271 e. The number of furan rings is 1. The first-order valence-electron chi connectivity index (χ1n) is 11.1. The Morgan fingerprint density at radius 2 is 2.17 bits per heavy atom. The van der Waals surface area contributed by atoms with E-state index in [0.717, 1.165) is 17.8 Å². The van der Waals surface area contributed by atoms with Gasteiger partial charge in [-0.3, -0.25) is 14.2 Å². The van der Waals surface area contributed by atoms with Gasteiger partial charge in [0.25, 0.3) is 5.91 Å². The normalized spacial score (nSPS) is 15.9. The highest BCUT2D eigenvalue weighted by Gasteiger charge is 2.24. The van der Waals surface area contributed by atoms with Crippen LogP contribution in [0.4, 0.5) is 0 Å². The molecule has 186 valence electrons. The van der Waals surface area contributed by atoms with E-state index in [1.165, 1.54) is 23.1 Å². The van der Waals surface area contributed by atoms with E-state index in [1.807, 2.05) is 0 Å². The number of halogens is 2. The van der Waals surface area contributed by atoms with E-state index >= 15 is 0 Å². The Balaban J connectivity index is 1.34. The molecule has 36 heavy (non-hydrogen) atoms. The molecule has 0 saturated carbocycles. The monoisotopic (exact) mass is 562 g/mol. The zero-order valence-electron chi connectivity index (χ0n) is 18.7. The summed E-state index contributed by atoms with van der Waals surface area (Å²) in [4.78, 5) is 29.3. The Kier molecular flexibility index (Phi) is 7.61. The number of rotatable bonds is 7. The lowest BCUT2D eigenvalue weighted by Gasteiger charge is -2.14. The van der Waals surface area contributed by atoms with Gasteiger partial charge in [0.05, 0.1) is 22.7 Å². The van der Waals surface area contributed by atoms with E-state index in [4.69, 9.17) is 27.6 Å². The molecule has 0 radical (unpaired) electrons. The van der Waals surface area contributed by atoms with Gasteiger partial charge in [-0.25, -0.2) is 4.98 Å². The van der Waals surface area contributed by atoms with Crippen molar-refractivity contribution < 1.29 is 14.0 Å². The van der Waals surface area contributed by atoms with Crippen molar-refractivity contribution in [3.8, 4) is 17.3 Å². The maximum absolute atomic E-state index is 12.7. The summed E-state index contributed by atoms with van der Waals surface area (Å²) in [5, 5.41) is 18.2. The van der Waals surface area contributed by atoms with Gasteiger partial charge in [0.2, 0.25) is 11.7 Å². The van der Waals surface area contributed by atoms with Crippen LogP contribution in [-0.2, 0) is 10.5 Å². The fraction of sp³-hybridized carbons (Fsp3) is 0.261. The summed E-state index contributed by atoms with van der Waals surface area (Å²) in [5.74, 6) is 0.932. The number of carbonyl (C=O) groups is 2. The average molecular weight is 563 g/mol. The maximum atomic E-state index is 12.7. The zero-order chi connectivity index (χ0) is 25.1. The summed E-state index contributed by atoms with van der Waals surface area (Å²) < 4.78 is 7.32. The van der Waals surface area contributed by atoms with Crippen LogP contribution >= 0.6 is 46.3 Å². The standard InChI is InChI=1S/C23H20Cl2N6O3S2/c24-13-6-7-14(25)17(10-13)31-20(18-5-3-9-34-18)29-30-23(31)36-12-19-27-16(11-35-19)22(33)28-15-4-1-2-8-26-21(15)32/h3,5-7,9-11,15H,1-2,4,8,12H2,(H,26,32)(H,28,33). The lowest BCUT2D eigenvalue weighted by molar-refractivity contribution is -0.122. The summed E-state index contributed by atoms with van der Waals surface area (Å²) in [5.41, 5.74) is 0.896. The molecule has 2 amide bonds. The number of thioether (sulfide) groups is 1. The van der Waals surface area contributed by atoms with Crippen molar-refractivity contribution in [2.75, 3.05) is 6.54 Å². The van der Waals surface area contributed by atoms with Gasteiger partial charge >= 0.3 is 0 Å². The highest BCUT2D eigenvalue weighted by molar-refractivity contribution is 7.98. The number of aromatic nitrogens is 4. The minimum atomic E-state index is -0.541. The molecule has 0 spiro atoms. The van der Waals surface area contributed by atoms with Gasteiger partial charge in [-0.2, -0.15) is 0 Å². The third kappa shape index (κ3) is 5.44. The third-order valence-electron chi connectivity index (χ3n) is 5.47. The van der Waals surface area contributed by atoms with Crippen molar-refractivity contribution in [1.29, 1.82) is 0 Å². The van der Waals surface area contributed by atoms with E-state index in [9.17, 15) is 9.59 Å². The molecule has 1 aromatic carbocycles. The van der Waals surface area contributed by atoms with E-state index in [0.29, 0.717) is 51.2 Å². The minimum Gasteiger partial charge on any atom is -0.461 e. The predicted molar refractivity (Wildman–Crippen MR) is 139 cm³/mol. The summed E-state index contributed by atoms with van der Waals surface area (Å²) in [7, 11) is 0. The van der Waals surface area contributed by atoms with Crippen LogP contribution in [-0.4, -0.2) is 44.1 Å². The molecule has 4 aromatic rings. The Labute approximate surface area is 224 Å². The molecule has 1 atom stereocenters. The SMILES string of the molecule is O=C(NC1CCCCNC1=O)c1csc(CSc2nnc(-c3ccco3)n2-c2cc(Cl)ccc2Cl)n1. The lowest BCUT2D eigenvalue weighted by Crippen LogP contribution is -2.45. The molecule has 1 fully saturated rings. The van der Waals surface area contributed by atoms with E-state index < -0.39 is 6.04 Å². The van der Waals surface area contributed by atoms with Crippen molar-refractivity contribution >= 4 is 58.1 Å². The largest absolute Gasteiger partial charge is 0.461 e. The summed E-state index contributed by atoms with van der Waals surface area (Å²) in [6.45, 7) is 0.635. The van der Waals surface area contributed by atoms with Crippen molar-refractivity contribution in [2.45, 2.75) is 36.2 Å². The minimum absolute atomic E-state index is 0.154. The summed E-state index contributed by atoms with van der Waals surface area (Å²) in [6.07, 6.45) is 3.95. The maximum Gasteiger partial charge on any atom is 0.271 e. The first-order valence-corrected chi connectivity index (χ1v) is 13.7. The molecular formula is C23H20Cl2N6O3S2. The highest BCUT2D eigenvalue weighted by Crippen LogP contribution is 2.34. The molecule has 1 saturated heterocycles. The summed E-state index contributed by atoms with van der Waals surface area (Å²) in [6, 6.07) is 8.16. The van der Waals surface area contributed by atoms with Crippen LogP contribution in [0.25, 0.3) is 17.3 Å². The van der Waals surface area contributed by atoms with Crippen molar-refractivity contribution in [1.82, 2.24) is 30.4 Å². The van der Waals surface area contributed by atoms with Gasteiger partial charge in [-0.1, -0.05) is 35.0 Å². The molecular weight excluding hydrogens is 543 g/mol. The fourth-order valence-electron chi connectivity index (χ4n) is 3.72. The number of nitrogens with zero attached hydrogens (tertiary/aromatic N) is 4. The van der Waals surface area contributed by atoms with E-state index in [2.05, 4.69) is 25.8 Å². The van der Waals surface area contributed by atoms with Gasteiger partial charge in [-0.15, -0.1) is 21.5 Å². The van der Waals surface area contributed by atoms with Crippen LogP contribution in [0.5, 0.6) is 0 Å². The van der Waals surface area contributed by atoms with Crippen LogP contribution in [0.1, 0.15) is 34.8 Å². The van der Waals surface area contributed by atoms with Crippen LogP contribution < -0.4 is 10.6 Å². The van der Waals surface area contributed by atoms with Gasteiger partial charge in [0.15, 0.2) is 10.9 Å². The van der Waals surface area contributed by atoms with Crippen molar-refractivity contribution in [3.05, 3.63) is 62.7 Å². The Bertz CT molecular complexity index is 1390. The van der Waals surface area contributed by atoms with Crippen LogP contribution in [0.2, 0.25) is 10.0 Å². The van der Waals surface area contributed by atoms with Gasteiger partial charge in [0.1, 0.15) is 16.7 Å². The van der Waals surface area contributed by atoms with Crippen LogP contribution in [0, 0.1) is 0 Å². The van der Waals surface area contributed by atoms with Gasteiger partial charge in [0, 0.05) is 16.9 Å². The third-order valence-corrected chi connectivity index (χ3v) is 8.00. The second-order valence-corrected chi connectivity index (χ2v) is 10.7. The first-order chi connectivity index (χ1) is 17.5. The fourth-order valence-corrected chi connectivity index (χ4v) is 5.83. The number of amides is 2. The van der Waals surface area contributed by atoms with E-state index in [1.54, 1.807) is 46.5 Å². The van der Waals surface area contributed by atoms with E-state index in [-0.39, 0.29) is 17.5 Å². The molecule has 1 aliphatic rings. The Morgan fingerprint density at radius 1 is 1.28 bits per heavy atom. The zero-order valence-corrected chi connectivity index (χ0v) is 21.9. The molecule has 3 aromatic heterocycles. The lowest BCUT2D eigenvalue weighted by atomic mass is 10.1. The summed E-state index contributed by atoms with van der Waals surface area (Å²) >= 11 is 15.5. The molecule has 13 heteroatoms. The molecule has 0 bridgehead atoms. The molecule has 4 heterocycles. The second-order valence-electron chi connectivity index (χ2n) is 7.94. The van der Waals surface area contributed by atoms with Gasteiger partial charge in [-0.05, 0) is 49.6 Å². The number of benzene rings is 1. The molecule has 5 rings (SSSR count). The molecule has 1 aliphatic heterocycles. The number of hydrogen-bond acceptors (Lipinski definition) is 8. The average Bonchev–Trinajstić information content (AvgIpc) is 3.61. The van der Waals surface area contributed by atoms with Crippen molar-refractivity contribution in [2.24, 2.45) is 0 Å². The highest BCUT2D eigenvalue weighted by atomic mass is 35.5. The molecule has 0 aliphatic carbocycles. The van der Waals surface area contributed by atoms with Crippen LogP contribution in [0.15, 0.2) is 51.5 Å². The number of thiazole rings is 1. The number of carbonyl (C=O) groups excluding carboxylic acids is 2. The molecule has 2 N–H and O–H groups in total. The van der Waals surface area contributed by atoms with Gasteiger partial charge < -0.3 is 15.1 Å². The number of nitrogens with one attached hydrogen (secondary N) is 2. The quantitative estimate of drug-likeness (QED) is 0.305. The Hall–Kier alpha value is -2.86. The predicted octanol–water partition coefficient (Wildman–Crippen LogP) is 4.98. The van der Waals surface area contributed by atoms with Crippen molar-refractivity contribution in [3.63, 3.8) is 0 Å². The molecule has 1 unspecified atom stereocenters. The number of hydrogen-bond donors (Lipinski definition) is 2. The Morgan fingerprint density at radius 3 is 3.00 bits per heavy atom. The molecule has 9 nitrogen and oxygen atoms in total. The van der Waals surface area contributed by atoms with Crippen LogP contribution in [0.3, 0.4) is 0 Å². The first kappa shape index (κ1) is 24.8. The topological polar surface area (TPSA) is 115 Å².